The molecule has 5 heteroatoms. The molecule has 3 rings (SSSR count). The number of nitrogens with one attached hydrogen (secondary N) is 1. The minimum absolute atomic E-state index is 0.141. The molecule has 2 aromatic heterocycles. The van der Waals surface area contributed by atoms with Gasteiger partial charge in [-0.1, -0.05) is 18.2 Å². The molecule has 1 aromatic carbocycles. The monoisotopic (exact) mass is 298 g/mol. The smallest absolute Gasteiger partial charge is 0.160 e. The fraction of sp³-hybridized carbons (Fsp3) is 0.250. The van der Waals surface area contributed by atoms with Gasteiger partial charge in [0.1, 0.15) is 0 Å². The molecule has 0 spiro atoms. The van der Waals surface area contributed by atoms with Crippen LogP contribution in [0.5, 0.6) is 0 Å². The van der Waals surface area contributed by atoms with Crippen LogP contribution in [0, 0.1) is 0 Å². The summed E-state index contributed by atoms with van der Waals surface area (Å²) in [5.41, 5.74) is 2.15. The molecule has 1 unspecified atom stereocenters. The summed E-state index contributed by atoms with van der Waals surface area (Å²) < 4.78 is 2.02. The van der Waals surface area contributed by atoms with Crippen LogP contribution in [-0.2, 0) is 6.54 Å². The number of thioether (sulfide) groups is 1. The van der Waals surface area contributed by atoms with Gasteiger partial charge in [-0.05, 0) is 43.0 Å². The molecule has 1 atom stereocenters. The maximum atomic E-state index is 4.28. The van der Waals surface area contributed by atoms with Crippen molar-refractivity contribution < 1.29 is 0 Å². The summed E-state index contributed by atoms with van der Waals surface area (Å²) in [7, 11) is 0. The highest BCUT2D eigenvalue weighted by Crippen LogP contribution is 2.16. The number of rotatable bonds is 5. The van der Waals surface area contributed by atoms with Gasteiger partial charge >= 0.3 is 0 Å². The van der Waals surface area contributed by atoms with Gasteiger partial charge in [0.25, 0.3) is 0 Å². The van der Waals surface area contributed by atoms with Crippen molar-refractivity contribution >= 4 is 17.4 Å². The van der Waals surface area contributed by atoms with Crippen LogP contribution in [0.25, 0.3) is 5.65 Å². The van der Waals surface area contributed by atoms with Crippen LogP contribution >= 0.6 is 11.8 Å². The SMILES string of the molecule is CSc1ccc(CNC(C)c2nnc3ccccn23)cc1. The Morgan fingerprint density at radius 3 is 2.71 bits per heavy atom. The van der Waals surface area contributed by atoms with Gasteiger partial charge in [0.15, 0.2) is 11.5 Å². The summed E-state index contributed by atoms with van der Waals surface area (Å²) in [6, 6.07) is 14.7. The van der Waals surface area contributed by atoms with Gasteiger partial charge in [0.05, 0.1) is 6.04 Å². The number of hydrogen-bond acceptors (Lipinski definition) is 4. The molecule has 0 bridgehead atoms. The van der Waals surface area contributed by atoms with Crippen LogP contribution in [-0.4, -0.2) is 20.9 Å². The number of benzene rings is 1. The minimum atomic E-state index is 0.141. The molecular weight excluding hydrogens is 280 g/mol. The Bertz CT molecular complexity index is 720. The third-order valence-corrected chi connectivity index (χ3v) is 4.24. The van der Waals surface area contributed by atoms with Crippen molar-refractivity contribution in [1.82, 2.24) is 19.9 Å². The van der Waals surface area contributed by atoms with E-state index in [1.807, 2.05) is 28.8 Å². The summed E-state index contributed by atoms with van der Waals surface area (Å²) in [5, 5.41) is 12.0. The third kappa shape index (κ3) is 3.09. The Balaban J connectivity index is 1.69. The lowest BCUT2D eigenvalue weighted by molar-refractivity contribution is 0.541. The molecule has 0 aliphatic rings. The lowest BCUT2D eigenvalue weighted by Gasteiger charge is -2.12. The van der Waals surface area contributed by atoms with E-state index in [2.05, 4.69) is 53.0 Å². The third-order valence-electron chi connectivity index (χ3n) is 3.50. The van der Waals surface area contributed by atoms with Gasteiger partial charge in [0.2, 0.25) is 0 Å². The molecule has 4 nitrogen and oxygen atoms in total. The predicted octanol–water partition coefficient (Wildman–Crippen LogP) is 3.30. The quantitative estimate of drug-likeness (QED) is 0.734. The maximum Gasteiger partial charge on any atom is 0.160 e. The first kappa shape index (κ1) is 14.1. The van der Waals surface area contributed by atoms with E-state index in [-0.39, 0.29) is 6.04 Å². The molecule has 108 valence electrons. The van der Waals surface area contributed by atoms with Crippen molar-refractivity contribution in [3.63, 3.8) is 0 Å². The number of fused-ring (bicyclic) bond motifs is 1. The summed E-state index contributed by atoms with van der Waals surface area (Å²) >= 11 is 1.76. The summed E-state index contributed by atoms with van der Waals surface area (Å²) in [4.78, 5) is 1.29. The van der Waals surface area contributed by atoms with E-state index >= 15 is 0 Å². The fourth-order valence-corrected chi connectivity index (χ4v) is 2.67. The zero-order chi connectivity index (χ0) is 14.7. The zero-order valence-electron chi connectivity index (χ0n) is 12.2. The van der Waals surface area contributed by atoms with Gasteiger partial charge < -0.3 is 5.32 Å². The molecule has 0 aliphatic heterocycles. The van der Waals surface area contributed by atoms with E-state index in [1.165, 1.54) is 10.5 Å². The Morgan fingerprint density at radius 1 is 1.14 bits per heavy atom. The molecule has 0 aliphatic carbocycles. The predicted molar refractivity (Wildman–Crippen MR) is 86.5 cm³/mol. The molecule has 1 N–H and O–H groups in total. The number of aromatic nitrogens is 3. The normalized spacial score (nSPS) is 12.7. The van der Waals surface area contributed by atoms with Gasteiger partial charge in [-0.15, -0.1) is 22.0 Å². The minimum Gasteiger partial charge on any atom is -0.303 e. The molecule has 0 amide bonds. The topological polar surface area (TPSA) is 42.2 Å². The number of nitrogens with zero attached hydrogens (tertiary/aromatic N) is 3. The molecule has 0 fully saturated rings. The summed E-state index contributed by atoms with van der Waals surface area (Å²) in [6.45, 7) is 2.93. The van der Waals surface area contributed by atoms with E-state index in [1.54, 1.807) is 11.8 Å². The first-order valence-corrected chi connectivity index (χ1v) is 8.16. The van der Waals surface area contributed by atoms with Crippen molar-refractivity contribution in [1.29, 1.82) is 0 Å². The van der Waals surface area contributed by atoms with Crippen molar-refractivity contribution in [2.75, 3.05) is 6.26 Å². The average Bonchev–Trinajstić information content (AvgIpc) is 2.97. The fourth-order valence-electron chi connectivity index (χ4n) is 2.26. The van der Waals surface area contributed by atoms with Crippen molar-refractivity contribution in [2.45, 2.75) is 24.4 Å². The highest BCUT2D eigenvalue weighted by atomic mass is 32.2. The molecule has 0 saturated carbocycles. The van der Waals surface area contributed by atoms with Crippen LogP contribution in [0.1, 0.15) is 24.4 Å². The van der Waals surface area contributed by atoms with Gasteiger partial charge in [-0.2, -0.15) is 0 Å². The highest BCUT2D eigenvalue weighted by Gasteiger charge is 2.12. The maximum absolute atomic E-state index is 4.28. The zero-order valence-corrected chi connectivity index (χ0v) is 13.0. The van der Waals surface area contributed by atoms with E-state index in [0.29, 0.717) is 0 Å². The van der Waals surface area contributed by atoms with E-state index in [9.17, 15) is 0 Å². The largest absolute Gasteiger partial charge is 0.303 e. The lowest BCUT2D eigenvalue weighted by Crippen LogP contribution is -2.20. The van der Waals surface area contributed by atoms with Crippen molar-refractivity contribution in [3.05, 3.63) is 60.0 Å². The Hall–Kier alpha value is -1.85. The second-order valence-electron chi connectivity index (χ2n) is 4.94. The Labute approximate surface area is 128 Å². The van der Waals surface area contributed by atoms with Crippen LogP contribution in [0.3, 0.4) is 0 Å². The van der Waals surface area contributed by atoms with Crippen LogP contribution in [0.4, 0.5) is 0 Å². The summed E-state index contributed by atoms with van der Waals surface area (Å²) in [5.74, 6) is 0.936. The van der Waals surface area contributed by atoms with Gasteiger partial charge in [0, 0.05) is 17.6 Å². The average molecular weight is 298 g/mol. The molecule has 0 saturated heterocycles. The van der Waals surface area contributed by atoms with Crippen molar-refractivity contribution in [2.24, 2.45) is 0 Å². The molecule has 2 heterocycles. The lowest BCUT2D eigenvalue weighted by atomic mass is 10.2. The van der Waals surface area contributed by atoms with E-state index < -0.39 is 0 Å². The first-order chi connectivity index (χ1) is 10.3. The van der Waals surface area contributed by atoms with E-state index in [0.717, 1.165) is 18.0 Å². The summed E-state index contributed by atoms with van der Waals surface area (Å²) in [6.07, 6.45) is 4.09. The Kier molecular flexibility index (Phi) is 4.22. The highest BCUT2D eigenvalue weighted by molar-refractivity contribution is 7.98. The second-order valence-corrected chi connectivity index (χ2v) is 5.82. The molecule has 21 heavy (non-hydrogen) atoms. The van der Waals surface area contributed by atoms with Crippen LogP contribution in [0.2, 0.25) is 0 Å². The van der Waals surface area contributed by atoms with Gasteiger partial charge in [-0.25, -0.2) is 0 Å². The van der Waals surface area contributed by atoms with Gasteiger partial charge in [-0.3, -0.25) is 4.40 Å². The standard InChI is InChI=1S/C16H18N4S/c1-12(16-19-18-15-5-3-4-10-20(15)16)17-11-13-6-8-14(21-2)9-7-13/h3-10,12,17H,11H2,1-2H3. The van der Waals surface area contributed by atoms with Crippen LogP contribution < -0.4 is 5.32 Å². The molecule has 3 aromatic rings. The molecular formula is C16H18N4S. The Morgan fingerprint density at radius 2 is 1.95 bits per heavy atom. The first-order valence-electron chi connectivity index (χ1n) is 6.94. The number of pyridine rings is 1. The molecule has 0 radical (unpaired) electrons. The van der Waals surface area contributed by atoms with Crippen molar-refractivity contribution in [3.8, 4) is 0 Å². The van der Waals surface area contributed by atoms with E-state index in [4.69, 9.17) is 0 Å². The second kappa shape index (κ2) is 6.28. The van der Waals surface area contributed by atoms with Crippen LogP contribution in [0.15, 0.2) is 53.6 Å². The number of hydrogen-bond donors (Lipinski definition) is 1.